The molecular weight excluding hydrogens is 420 g/mol. The third-order valence-electron chi connectivity index (χ3n) is 4.78. The van der Waals surface area contributed by atoms with Gasteiger partial charge in [0.25, 0.3) is 11.5 Å². The number of thiophene rings is 1. The zero-order valence-corrected chi connectivity index (χ0v) is 17.9. The summed E-state index contributed by atoms with van der Waals surface area (Å²) in [7, 11) is 0. The lowest BCUT2D eigenvalue weighted by Gasteiger charge is -2.12. The number of anilines is 1. The van der Waals surface area contributed by atoms with E-state index in [1.54, 1.807) is 6.92 Å². The van der Waals surface area contributed by atoms with Crippen molar-refractivity contribution in [2.45, 2.75) is 31.3 Å². The highest BCUT2D eigenvalue weighted by atomic mass is 32.2. The fourth-order valence-corrected chi connectivity index (χ4v) is 5.70. The molecule has 154 valence electrons. The van der Waals surface area contributed by atoms with Crippen LogP contribution >= 0.6 is 23.1 Å². The van der Waals surface area contributed by atoms with Gasteiger partial charge >= 0.3 is 0 Å². The number of aryl methyl sites for hydroxylation is 2. The monoisotopic (exact) mass is 440 g/mol. The maximum absolute atomic E-state index is 12.6. The molecule has 1 aromatic carbocycles. The summed E-state index contributed by atoms with van der Waals surface area (Å²) in [5.41, 5.74) is 8.01. The first-order chi connectivity index (χ1) is 14.4. The summed E-state index contributed by atoms with van der Waals surface area (Å²) in [5.74, 6) is -0.753. The molecule has 30 heavy (non-hydrogen) atoms. The Morgan fingerprint density at radius 2 is 2.03 bits per heavy atom. The van der Waals surface area contributed by atoms with Gasteiger partial charge < -0.3 is 11.1 Å². The van der Waals surface area contributed by atoms with Gasteiger partial charge in [-0.25, -0.2) is 4.98 Å². The van der Waals surface area contributed by atoms with Gasteiger partial charge in [0.15, 0.2) is 5.16 Å². The second kappa shape index (κ2) is 8.45. The van der Waals surface area contributed by atoms with Crippen molar-refractivity contribution in [1.82, 2.24) is 9.55 Å². The van der Waals surface area contributed by atoms with Crippen LogP contribution in [0.1, 0.15) is 32.9 Å². The van der Waals surface area contributed by atoms with Crippen LogP contribution in [0.3, 0.4) is 0 Å². The van der Waals surface area contributed by atoms with Crippen LogP contribution in [-0.4, -0.2) is 27.1 Å². The van der Waals surface area contributed by atoms with Gasteiger partial charge in [0.2, 0.25) is 5.91 Å². The molecule has 0 radical (unpaired) electrons. The molecule has 2 aromatic heterocycles. The Labute approximate surface area is 181 Å². The number of primary amides is 1. The molecular formula is C21H20N4O3S2. The number of aromatic nitrogens is 2. The Bertz CT molecular complexity index is 1180. The standard InChI is InChI=1S/C21H20N4O3S2/c1-12-10-17(27)25(13-6-3-2-4-7-13)21(23-12)29-11-16(26)24-20-18(19(22)28)14-8-5-9-15(14)30-20/h2-4,6-7,10H,5,8-9,11H2,1H3,(H2,22,28)(H,24,26). The molecule has 0 fully saturated rings. The molecule has 0 bridgehead atoms. The second-order valence-electron chi connectivity index (χ2n) is 6.95. The van der Waals surface area contributed by atoms with Gasteiger partial charge in [0.1, 0.15) is 5.00 Å². The maximum atomic E-state index is 12.6. The van der Waals surface area contributed by atoms with Gasteiger partial charge in [-0.2, -0.15) is 0 Å². The highest BCUT2D eigenvalue weighted by molar-refractivity contribution is 7.99. The number of hydrogen-bond donors (Lipinski definition) is 2. The molecule has 2 heterocycles. The average Bonchev–Trinajstić information content (AvgIpc) is 3.27. The molecule has 0 spiro atoms. The molecule has 9 heteroatoms. The van der Waals surface area contributed by atoms with Crippen LogP contribution in [0.25, 0.3) is 5.69 Å². The van der Waals surface area contributed by atoms with Crippen molar-refractivity contribution < 1.29 is 9.59 Å². The van der Waals surface area contributed by atoms with Gasteiger partial charge in [0.05, 0.1) is 17.0 Å². The predicted molar refractivity (Wildman–Crippen MR) is 119 cm³/mol. The number of carbonyl (C=O) groups is 2. The number of fused-ring (bicyclic) bond motifs is 1. The van der Waals surface area contributed by atoms with Crippen LogP contribution in [0, 0.1) is 6.92 Å². The largest absolute Gasteiger partial charge is 0.365 e. The van der Waals surface area contributed by atoms with Crippen LogP contribution in [0.2, 0.25) is 0 Å². The number of nitrogens with two attached hydrogens (primary N) is 1. The third kappa shape index (κ3) is 4.03. The van der Waals surface area contributed by atoms with E-state index in [0.717, 1.165) is 29.7 Å². The minimum atomic E-state index is -0.518. The Hall–Kier alpha value is -2.91. The number of carbonyl (C=O) groups excluding carboxylic acids is 2. The Morgan fingerprint density at radius 1 is 1.27 bits per heavy atom. The highest BCUT2D eigenvalue weighted by Crippen LogP contribution is 2.38. The zero-order chi connectivity index (χ0) is 21.3. The van der Waals surface area contributed by atoms with E-state index < -0.39 is 5.91 Å². The SMILES string of the molecule is Cc1cc(=O)n(-c2ccccc2)c(SCC(=O)Nc2sc3c(c2C(N)=O)CCC3)n1. The molecule has 0 saturated heterocycles. The fourth-order valence-electron chi connectivity index (χ4n) is 3.53. The molecule has 0 aliphatic heterocycles. The smallest absolute Gasteiger partial charge is 0.258 e. The van der Waals surface area contributed by atoms with E-state index >= 15 is 0 Å². The number of thioether (sulfide) groups is 1. The lowest BCUT2D eigenvalue weighted by molar-refractivity contribution is -0.113. The molecule has 0 unspecified atom stereocenters. The molecule has 1 aliphatic rings. The number of nitrogens with zero attached hydrogens (tertiary/aromatic N) is 2. The van der Waals surface area contributed by atoms with Crippen molar-refractivity contribution in [2.75, 3.05) is 11.1 Å². The van der Waals surface area contributed by atoms with Crippen LogP contribution in [0.15, 0.2) is 46.3 Å². The first-order valence-corrected chi connectivity index (χ1v) is 11.3. The van der Waals surface area contributed by atoms with E-state index in [9.17, 15) is 14.4 Å². The van der Waals surface area contributed by atoms with Crippen LogP contribution < -0.4 is 16.6 Å². The van der Waals surface area contributed by atoms with E-state index in [0.29, 0.717) is 27.1 Å². The number of rotatable bonds is 6. The number of hydrogen-bond acceptors (Lipinski definition) is 6. The Morgan fingerprint density at radius 3 is 2.77 bits per heavy atom. The van der Waals surface area contributed by atoms with Crippen molar-refractivity contribution >= 4 is 39.9 Å². The van der Waals surface area contributed by atoms with E-state index in [2.05, 4.69) is 10.3 Å². The minimum absolute atomic E-state index is 0.0451. The molecule has 3 N–H and O–H groups in total. The minimum Gasteiger partial charge on any atom is -0.365 e. The number of benzene rings is 1. The van der Waals surface area contributed by atoms with Gasteiger partial charge in [-0.1, -0.05) is 30.0 Å². The van der Waals surface area contributed by atoms with Crippen LogP contribution in [-0.2, 0) is 17.6 Å². The molecule has 3 aromatic rings. The molecule has 0 saturated carbocycles. The normalized spacial score (nSPS) is 12.6. The highest BCUT2D eigenvalue weighted by Gasteiger charge is 2.26. The van der Waals surface area contributed by atoms with E-state index in [1.165, 1.54) is 33.7 Å². The van der Waals surface area contributed by atoms with Gasteiger partial charge in [0, 0.05) is 16.6 Å². The molecule has 2 amide bonds. The van der Waals surface area contributed by atoms with Crippen molar-refractivity contribution in [3.63, 3.8) is 0 Å². The average molecular weight is 441 g/mol. The summed E-state index contributed by atoms with van der Waals surface area (Å²) < 4.78 is 1.49. The Kier molecular flexibility index (Phi) is 5.74. The van der Waals surface area contributed by atoms with Crippen LogP contribution in [0.4, 0.5) is 5.00 Å². The van der Waals surface area contributed by atoms with Crippen LogP contribution in [0.5, 0.6) is 0 Å². The predicted octanol–water partition coefficient (Wildman–Crippen LogP) is 2.92. The summed E-state index contributed by atoms with van der Waals surface area (Å²) in [6.07, 6.45) is 2.72. The summed E-state index contributed by atoms with van der Waals surface area (Å²) in [4.78, 5) is 42.6. The molecule has 4 rings (SSSR count). The lowest BCUT2D eigenvalue weighted by atomic mass is 10.1. The van der Waals surface area contributed by atoms with E-state index in [4.69, 9.17) is 5.73 Å². The quantitative estimate of drug-likeness (QED) is 0.453. The van der Waals surface area contributed by atoms with Crippen molar-refractivity contribution in [2.24, 2.45) is 5.73 Å². The van der Waals surface area contributed by atoms with Crippen molar-refractivity contribution in [3.05, 3.63) is 68.4 Å². The van der Waals surface area contributed by atoms with Crippen molar-refractivity contribution in [1.29, 1.82) is 0 Å². The maximum Gasteiger partial charge on any atom is 0.258 e. The van der Waals surface area contributed by atoms with Gasteiger partial charge in [-0.05, 0) is 43.9 Å². The summed E-state index contributed by atoms with van der Waals surface area (Å²) in [5, 5.41) is 3.77. The van der Waals surface area contributed by atoms with E-state index in [-0.39, 0.29) is 17.2 Å². The summed E-state index contributed by atoms with van der Waals surface area (Å²) >= 11 is 2.59. The number of nitrogens with one attached hydrogen (secondary N) is 1. The second-order valence-corrected chi connectivity index (χ2v) is 9.00. The first-order valence-electron chi connectivity index (χ1n) is 9.47. The molecule has 1 aliphatic carbocycles. The number of para-hydroxylation sites is 1. The fraction of sp³-hybridized carbons (Fsp3) is 0.238. The van der Waals surface area contributed by atoms with Crippen molar-refractivity contribution in [3.8, 4) is 5.69 Å². The third-order valence-corrected chi connectivity index (χ3v) is 6.93. The Balaban J connectivity index is 1.54. The van der Waals surface area contributed by atoms with Gasteiger partial charge in [-0.3, -0.25) is 19.0 Å². The topological polar surface area (TPSA) is 107 Å². The lowest BCUT2D eigenvalue weighted by Crippen LogP contribution is -2.23. The molecule has 7 nitrogen and oxygen atoms in total. The summed E-state index contributed by atoms with van der Waals surface area (Å²) in [6, 6.07) is 10.6. The molecule has 0 atom stereocenters. The summed E-state index contributed by atoms with van der Waals surface area (Å²) in [6.45, 7) is 1.74. The van der Waals surface area contributed by atoms with E-state index in [1.807, 2.05) is 30.3 Å². The zero-order valence-electron chi connectivity index (χ0n) is 16.3. The first kappa shape index (κ1) is 20.4. The van der Waals surface area contributed by atoms with Gasteiger partial charge in [-0.15, -0.1) is 11.3 Å². The number of amides is 2.